The molecule has 1 aliphatic rings. The predicted octanol–water partition coefficient (Wildman–Crippen LogP) is 0.484. The Morgan fingerprint density at radius 1 is 0.733 bits per heavy atom. The fraction of sp³-hybridized carbons (Fsp3) is 0.733. The third kappa shape index (κ3) is 23.0. The lowest BCUT2D eigenvalue weighted by Crippen LogP contribution is -2.35. The van der Waals surface area contributed by atoms with E-state index in [4.69, 9.17) is 33.3 Å². The minimum atomic E-state index is -0.403. The molecule has 1 rings (SSSR count). The lowest BCUT2D eigenvalue weighted by molar-refractivity contribution is -0.137. The van der Waals surface area contributed by atoms with Gasteiger partial charge in [0.25, 0.3) is 11.8 Å². The first kappa shape index (κ1) is 39.9. The molecule has 1 N–H and O–H groups in total. The number of imide groups is 1. The molecule has 0 aromatic heterocycles. The van der Waals surface area contributed by atoms with Gasteiger partial charge in [0.15, 0.2) is 12.4 Å². The van der Waals surface area contributed by atoms with Crippen molar-refractivity contribution in [2.45, 2.75) is 39.5 Å². The van der Waals surface area contributed by atoms with Gasteiger partial charge in [-0.2, -0.15) is 0 Å². The van der Waals surface area contributed by atoms with E-state index < -0.39 is 11.8 Å². The quantitative estimate of drug-likeness (QED) is 0.0479. The van der Waals surface area contributed by atoms with Crippen LogP contribution in [0.25, 0.3) is 0 Å². The molecule has 0 atom stereocenters. The minimum Gasteiger partial charge on any atom is -0.388 e. The van der Waals surface area contributed by atoms with E-state index in [0.29, 0.717) is 105 Å². The molecule has 1 aliphatic heterocycles. The normalized spacial score (nSPS) is 13.0. The molecule has 0 unspecified atom stereocenters. The van der Waals surface area contributed by atoms with Crippen LogP contribution < -0.4 is 5.32 Å². The highest BCUT2D eigenvalue weighted by molar-refractivity contribution is 6.13. The maximum atomic E-state index is 11.8. The van der Waals surface area contributed by atoms with Crippen LogP contribution in [-0.4, -0.2) is 139 Å². The molecule has 0 aromatic rings. The number of carbonyl (C=O) groups excluding carboxylic acids is 5. The molecule has 0 radical (unpaired) electrons. The number of carbonyl (C=O) groups is 5. The summed E-state index contributed by atoms with van der Waals surface area (Å²) < 4.78 is 32.5. The van der Waals surface area contributed by atoms with Crippen molar-refractivity contribution in [2.75, 3.05) is 99.0 Å². The third-order valence-corrected chi connectivity index (χ3v) is 5.97. The second kappa shape index (κ2) is 27.2. The summed E-state index contributed by atoms with van der Waals surface area (Å²) in [5.41, 5.74) is 0. The van der Waals surface area contributed by atoms with Crippen LogP contribution in [-0.2, 0) is 57.2 Å². The standard InChI is InChI=1S/C30H49N3O12/c1-25(2)27(35)24-45-32-9-3-4-26(34)8-12-39-14-16-41-18-20-43-22-23-44-21-19-42-17-15-40-13-10-31-28(36)7-11-33-29(37)5-6-30(33)38/h5-6,9,25H,3-4,7-8,10-24H2,1-2H3,(H,31,36). The van der Waals surface area contributed by atoms with Gasteiger partial charge in [0.1, 0.15) is 5.78 Å². The number of ether oxygens (including phenoxy) is 6. The summed E-state index contributed by atoms with van der Waals surface area (Å²) in [7, 11) is 0. The van der Waals surface area contributed by atoms with Gasteiger partial charge < -0.3 is 38.6 Å². The van der Waals surface area contributed by atoms with Gasteiger partial charge in [0.2, 0.25) is 5.91 Å². The van der Waals surface area contributed by atoms with Crippen LogP contribution in [0.15, 0.2) is 17.3 Å². The van der Waals surface area contributed by atoms with Crippen LogP contribution >= 0.6 is 0 Å². The highest BCUT2D eigenvalue weighted by atomic mass is 16.6. The van der Waals surface area contributed by atoms with Crippen molar-refractivity contribution < 1.29 is 57.2 Å². The number of hydrogen-bond acceptors (Lipinski definition) is 13. The molecule has 15 heteroatoms. The second-order valence-corrected chi connectivity index (χ2v) is 9.95. The molecule has 0 aliphatic carbocycles. The molecule has 256 valence electrons. The largest absolute Gasteiger partial charge is 0.388 e. The molecule has 0 bridgehead atoms. The van der Waals surface area contributed by atoms with Gasteiger partial charge in [-0.25, -0.2) is 0 Å². The number of nitrogens with zero attached hydrogens (tertiary/aromatic N) is 2. The number of nitrogens with one attached hydrogen (secondary N) is 1. The summed E-state index contributed by atoms with van der Waals surface area (Å²) >= 11 is 0. The van der Waals surface area contributed by atoms with E-state index in [1.54, 1.807) is 13.8 Å². The third-order valence-electron chi connectivity index (χ3n) is 5.97. The van der Waals surface area contributed by atoms with Gasteiger partial charge in [-0.05, 0) is 6.42 Å². The van der Waals surface area contributed by atoms with Crippen molar-refractivity contribution in [1.29, 1.82) is 0 Å². The van der Waals surface area contributed by atoms with Crippen LogP contribution in [0.1, 0.15) is 39.5 Å². The Morgan fingerprint density at radius 2 is 1.22 bits per heavy atom. The number of oxime groups is 1. The van der Waals surface area contributed by atoms with Gasteiger partial charge in [-0.1, -0.05) is 19.0 Å². The van der Waals surface area contributed by atoms with Gasteiger partial charge >= 0.3 is 0 Å². The second-order valence-electron chi connectivity index (χ2n) is 9.95. The molecule has 0 aromatic carbocycles. The topological polar surface area (TPSA) is 178 Å². The van der Waals surface area contributed by atoms with Crippen molar-refractivity contribution >= 4 is 35.5 Å². The van der Waals surface area contributed by atoms with Gasteiger partial charge in [-0.3, -0.25) is 28.9 Å². The highest BCUT2D eigenvalue weighted by Gasteiger charge is 2.23. The van der Waals surface area contributed by atoms with E-state index in [1.165, 1.54) is 18.4 Å². The average Bonchev–Trinajstić information content (AvgIpc) is 3.34. The Labute approximate surface area is 264 Å². The van der Waals surface area contributed by atoms with E-state index >= 15 is 0 Å². The summed E-state index contributed by atoms with van der Waals surface area (Å²) in [6, 6.07) is 0. The monoisotopic (exact) mass is 643 g/mol. The highest BCUT2D eigenvalue weighted by Crippen LogP contribution is 2.04. The van der Waals surface area contributed by atoms with Crippen LogP contribution in [0, 0.1) is 5.92 Å². The lowest BCUT2D eigenvalue weighted by atomic mass is 10.1. The van der Waals surface area contributed by atoms with Crippen LogP contribution in [0.5, 0.6) is 0 Å². The molecule has 0 spiro atoms. The zero-order valence-electron chi connectivity index (χ0n) is 26.5. The Kier molecular flexibility index (Phi) is 24.2. The summed E-state index contributed by atoms with van der Waals surface area (Å²) in [4.78, 5) is 63.7. The van der Waals surface area contributed by atoms with Crippen LogP contribution in [0.4, 0.5) is 0 Å². The number of rotatable bonds is 31. The smallest absolute Gasteiger partial charge is 0.253 e. The Balaban J connectivity index is 1.73. The predicted molar refractivity (Wildman–Crippen MR) is 162 cm³/mol. The fourth-order valence-corrected chi connectivity index (χ4v) is 3.33. The SMILES string of the molecule is CC(C)C(=O)CON=CCCC(=O)CCOCCOCCOCCOCCOCCOCCNC(=O)CCN1C(=O)C=CC1=O. The molecule has 0 saturated heterocycles. The van der Waals surface area contributed by atoms with E-state index in [1.807, 2.05) is 0 Å². The zero-order chi connectivity index (χ0) is 33.0. The van der Waals surface area contributed by atoms with Crippen molar-refractivity contribution in [3.63, 3.8) is 0 Å². The van der Waals surface area contributed by atoms with Gasteiger partial charge in [0.05, 0.1) is 79.3 Å². The Morgan fingerprint density at radius 3 is 1.73 bits per heavy atom. The van der Waals surface area contributed by atoms with Gasteiger partial charge in [-0.15, -0.1) is 0 Å². The number of Topliss-reactive ketones (excluding diaryl/α,β-unsaturated/α-hetero) is 2. The summed E-state index contributed by atoms with van der Waals surface area (Å²) in [6.07, 6.45) is 5.03. The van der Waals surface area contributed by atoms with E-state index in [2.05, 4.69) is 10.5 Å². The molecule has 15 nitrogen and oxygen atoms in total. The maximum absolute atomic E-state index is 11.8. The summed E-state index contributed by atoms with van der Waals surface area (Å²) in [5.74, 6) is -1.11. The molecule has 3 amide bonds. The molecule has 0 saturated carbocycles. The van der Waals surface area contributed by atoms with Crippen molar-refractivity contribution in [3.05, 3.63) is 12.2 Å². The van der Waals surface area contributed by atoms with E-state index in [0.717, 1.165) is 4.90 Å². The summed E-state index contributed by atoms with van der Waals surface area (Å²) in [6.45, 7) is 8.71. The van der Waals surface area contributed by atoms with Crippen molar-refractivity contribution in [2.24, 2.45) is 11.1 Å². The molecule has 0 fully saturated rings. The molecule has 1 heterocycles. The Hall–Kier alpha value is -3.08. The van der Waals surface area contributed by atoms with E-state index in [9.17, 15) is 24.0 Å². The first-order valence-corrected chi connectivity index (χ1v) is 15.3. The van der Waals surface area contributed by atoms with Crippen molar-refractivity contribution in [3.8, 4) is 0 Å². The molecular formula is C30H49N3O12. The summed E-state index contributed by atoms with van der Waals surface area (Å²) in [5, 5.41) is 6.35. The van der Waals surface area contributed by atoms with Crippen molar-refractivity contribution in [1.82, 2.24) is 10.2 Å². The first-order chi connectivity index (χ1) is 21.8. The minimum absolute atomic E-state index is 0.0213. The number of hydrogen-bond donors (Lipinski definition) is 1. The molecule has 45 heavy (non-hydrogen) atoms. The zero-order valence-corrected chi connectivity index (χ0v) is 26.5. The number of amides is 3. The first-order valence-electron chi connectivity index (χ1n) is 15.3. The molecular weight excluding hydrogens is 594 g/mol. The number of ketones is 2. The van der Waals surface area contributed by atoms with E-state index in [-0.39, 0.29) is 43.0 Å². The Bertz CT molecular complexity index is 908. The fourth-order valence-electron chi connectivity index (χ4n) is 3.33. The van der Waals surface area contributed by atoms with Crippen LogP contribution in [0.2, 0.25) is 0 Å². The lowest BCUT2D eigenvalue weighted by Gasteiger charge is -2.13. The maximum Gasteiger partial charge on any atom is 0.253 e. The van der Waals surface area contributed by atoms with Gasteiger partial charge in [0, 0.05) is 56.6 Å². The average molecular weight is 644 g/mol. The van der Waals surface area contributed by atoms with Crippen LogP contribution in [0.3, 0.4) is 0 Å².